The number of para-hydroxylation sites is 1. The van der Waals surface area contributed by atoms with Gasteiger partial charge in [0, 0.05) is 37.0 Å². The van der Waals surface area contributed by atoms with Crippen LogP contribution in [0.3, 0.4) is 0 Å². The van der Waals surface area contributed by atoms with Gasteiger partial charge in [0.15, 0.2) is 0 Å². The van der Waals surface area contributed by atoms with E-state index >= 15 is 0 Å². The average molecular weight is 271 g/mol. The molecule has 3 rings (SSSR count). The first kappa shape index (κ1) is 12.7. The molecule has 0 radical (unpaired) electrons. The van der Waals surface area contributed by atoms with Crippen LogP contribution in [-0.2, 0) is 4.79 Å². The van der Waals surface area contributed by atoms with Crippen molar-refractivity contribution < 1.29 is 9.59 Å². The predicted molar refractivity (Wildman–Crippen MR) is 76.4 cm³/mol. The first-order valence-corrected chi connectivity index (χ1v) is 6.88. The van der Waals surface area contributed by atoms with E-state index < -0.39 is 0 Å². The Morgan fingerprint density at radius 1 is 1.25 bits per heavy atom. The number of hydrogen-bond donors (Lipinski definition) is 2. The van der Waals surface area contributed by atoms with E-state index in [4.69, 9.17) is 0 Å². The molecule has 1 aliphatic heterocycles. The Bertz CT molecular complexity index is 610. The van der Waals surface area contributed by atoms with Gasteiger partial charge in [0.2, 0.25) is 5.91 Å². The number of hydrogen-bond acceptors (Lipinski definition) is 2. The number of rotatable bonds is 4. The molecule has 2 aromatic rings. The zero-order valence-electron chi connectivity index (χ0n) is 11.2. The molecule has 0 bridgehead atoms. The van der Waals surface area contributed by atoms with Crippen LogP contribution in [0.5, 0.6) is 0 Å². The van der Waals surface area contributed by atoms with Crippen LogP contribution in [0.1, 0.15) is 23.3 Å². The third kappa shape index (κ3) is 2.52. The van der Waals surface area contributed by atoms with Gasteiger partial charge in [-0.3, -0.25) is 9.59 Å². The fourth-order valence-corrected chi connectivity index (χ4v) is 2.30. The van der Waals surface area contributed by atoms with Crippen LogP contribution in [0, 0.1) is 0 Å². The highest BCUT2D eigenvalue weighted by atomic mass is 16.2. The monoisotopic (exact) mass is 271 g/mol. The van der Waals surface area contributed by atoms with E-state index in [1.165, 1.54) is 0 Å². The van der Waals surface area contributed by atoms with Crippen molar-refractivity contribution in [3.63, 3.8) is 0 Å². The van der Waals surface area contributed by atoms with E-state index in [1.807, 2.05) is 35.2 Å². The summed E-state index contributed by atoms with van der Waals surface area (Å²) in [6.45, 7) is 2.09. The summed E-state index contributed by atoms with van der Waals surface area (Å²) in [6, 6.07) is 9.56. The number of benzene rings is 1. The molecule has 5 nitrogen and oxygen atoms in total. The fraction of sp³-hybridized carbons (Fsp3) is 0.333. The van der Waals surface area contributed by atoms with Crippen molar-refractivity contribution in [3.8, 4) is 0 Å². The van der Waals surface area contributed by atoms with Gasteiger partial charge >= 0.3 is 0 Å². The number of carbonyl (C=O) groups is 2. The Morgan fingerprint density at radius 2 is 2.05 bits per heavy atom. The second-order valence-corrected chi connectivity index (χ2v) is 5.01. The number of nitrogens with zero attached hydrogens (tertiary/aromatic N) is 1. The fourth-order valence-electron chi connectivity index (χ4n) is 2.30. The first-order chi connectivity index (χ1) is 9.74. The molecule has 1 aromatic heterocycles. The van der Waals surface area contributed by atoms with Crippen molar-refractivity contribution >= 4 is 22.7 Å². The number of aromatic nitrogens is 1. The number of amides is 2. The molecule has 2 N–H and O–H groups in total. The smallest absolute Gasteiger partial charge is 0.267 e. The molecule has 20 heavy (non-hydrogen) atoms. The largest absolute Gasteiger partial charge is 0.351 e. The highest BCUT2D eigenvalue weighted by molar-refractivity contribution is 5.98. The second kappa shape index (κ2) is 5.36. The van der Waals surface area contributed by atoms with E-state index in [0.29, 0.717) is 18.7 Å². The summed E-state index contributed by atoms with van der Waals surface area (Å²) in [5, 5.41) is 3.78. The Hall–Kier alpha value is -2.30. The van der Waals surface area contributed by atoms with Crippen molar-refractivity contribution in [2.24, 2.45) is 0 Å². The van der Waals surface area contributed by atoms with E-state index in [-0.39, 0.29) is 11.8 Å². The summed E-state index contributed by atoms with van der Waals surface area (Å²) in [7, 11) is 0. The summed E-state index contributed by atoms with van der Waals surface area (Å²) in [5.41, 5.74) is 1.47. The molecule has 1 fully saturated rings. The van der Waals surface area contributed by atoms with Crippen molar-refractivity contribution in [3.05, 3.63) is 36.0 Å². The molecule has 0 aliphatic carbocycles. The number of nitrogens with one attached hydrogen (secondary N) is 2. The van der Waals surface area contributed by atoms with Crippen molar-refractivity contribution in [1.29, 1.82) is 0 Å². The maximum absolute atomic E-state index is 12.0. The molecule has 1 aromatic carbocycles. The van der Waals surface area contributed by atoms with Gasteiger partial charge < -0.3 is 15.2 Å². The number of carbonyl (C=O) groups excluding carboxylic acids is 2. The Balaban J connectivity index is 1.54. The third-order valence-corrected chi connectivity index (χ3v) is 3.61. The van der Waals surface area contributed by atoms with Gasteiger partial charge in [-0.15, -0.1) is 0 Å². The Kier molecular flexibility index (Phi) is 3.41. The van der Waals surface area contributed by atoms with Gasteiger partial charge in [-0.05, 0) is 18.6 Å². The molecule has 0 saturated carbocycles. The van der Waals surface area contributed by atoms with E-state index in [2.05, 4.69) is 10.3 Å². The summed E-state index contributed by atoms with van der Waals surface area (Å²) in [4.78, 5) is 28.5. The quantitative estimate of drug-likeness (QED) is 0.885. The lowest BCUT2D eigenvalue weighted by Gasteiger charge is -2.30. The van der Waals surface area contributed by atoms with Crippen LogP contribution in [0.25, 0.3) is 10.9 Å². The number of fused-ring (bicyclic) bond motifs is 1. The predicted octanol–water partition coefficient (Wildman–Crippen LogP) is 1.52. The molecular weight excluding hydrogens is 254 g/mol. The summed E-state index contributed by atoms with van der Waals surface area (Å²) in [6.07, 6.45) is 1.46. The van der Waals surface area contributed by atoms with E-state index in [9.17, 15) is 9.59 Å². The van der Waals surface area contributed by atoms with Gasteiger partial charge in [-0.2, -0.15) is 0 Å². The van der Waals surface area contributed by atoms with Crippen molar-refractivity contribution in [2.45, 2.75) is 12.8 Å². The maximum atomic E-state index is 12.0. The Labute approximate surface area is 117 Å². The molecule has 5 heteroatoms. The Morgan fingerprint density at radius 3 is 2.75 bits per heavy atom. The van der Waals surface area contributed by atoms with Crippen LogP contribution in [0.15, 0.2) is 30.3 Å². The van der Waals surface area contributed by atoms with Crippen molar-refractivity contribution in [1.82, 2.24) is 15.2 Å². The average Bonchev–Trinajstić information content (AvgIpc) is 2.80. The van der Waals surface area contributed by atoms with Gasteiger partial charge in [0.1, 0.15) is 5.69 Å². The van der Waals surface area contributed by atoms with Gasteiger partial charge in [-0.1, -0.05) is 18.2 Å². The zero-order chi connectivity index (χ0) is 13.9. The maximum Gasteiger partial charge on any atom is 0.267 e. The standard InChI is InChI=1S/C15H17N3O2/c19-14(18-8-3-9-18)6-7-16-15(20)13-10-11-4-1-2-5-12(11)17-13/h1-2,4-5,10,17H,3,6-9H2,(H,16,20). The SMILES string of the molecule is O=C(NCCC(=O)N1CCC1)c1cc2ccccc2[nH]1. The van der Waals surface area contributed by atoms with E-state index in [1.54, 1.807) is 0 Å². The van der Waals surface area contributed by atoms with Crippen LogP contribution in [0.2, 0.25) is 0 Å². The summed E-state index contributed by atoms with van der Waals surface area (Å²) >= 11 is 0. The minimum Gasteiger partial charge on any atom is -0.351 e. The normalized spacial score (nSPS) is 14.1. The molecule has 2 amide bonds. The van der Waals surface area contributed by atoms with Crippen LogP contribution >= 0.6 is 0 Å². The third-order valence-electron chi connectivity index (χ3n) is 3.61. The highest BCUT2D eigenvalue weighted by Crippen LogP contribution is 2.14. The topological polar surface area (TPSA) is 65.2 Å². The number of aromatic amines is 1. The molecule has 104 valence electrons. The minimum atomic E-state index is -0.169. The molecular formula is C15H17N3O2. The number of H-pyrrole nitrogens is 1. The lowest BCUT2D eigenvalue weighted by Crippen LogP contribution is -2.43. The molecule has 0 spiro atoms. The van der Waals surface area contributed by atoms with E-state index in [0.717, 1.165) is 30.4 Å². The molecule has 1 saturated heterocycles. The first-order valence-electron chi connectivity index (χ1n) is 6.88. The van der Waals surface area contributed by atoms with Gasteiger partial charge in [0.05, 0.1) is 0 Å². The van der Waals surface area contributed by atoms with Crippen LogP contribution < -0.4 is 5.32 Å². The lowest BCUT2D eigenvalue weighted by atomic mass is 10.2. The number of likely N-dealkylation sites (tertiary alicyclic amines) is 1. The van der Waals surface area contributed by atoms with Crippen LogP contribution in [-0.4, -0.2) is 41.3 Å². The lowest BCUT2D eigenvalue weighted by molar-refractivity contribution is -0.134. The molecule has 0 atom stereocenters. The molecule has 0 unspecified atom stereocenters. The molecule has 1 aliphatic rings. The van der Waals surface area contributed by atoms with Gasteiger partial charge in [0.25, 0.3) is 5.91 Å². The molecule has 2 heterocycles. The van der Waals surface area contributed by atoms with Crippen molar-refractivity contribution in [2.75, 3.05) is 19.6 Å². The summed E-state index contributed by atoms with van der Waals surface area (Å²) in [5.74, 6) is -0.0502. The van der Waals surface area contributed by atoms with Crippen LogP contribution in [0.4, 0.5) is 0 Å². The summed E-state index contributed by atoms with van der Waals surface area (Å²) < 4.78 is 0. The zero-order valence-corrected chi connectivity index (χ0v) is 11.2. The van der Waals surface area contributed by atoms with Gasteiger partial charge in [-0.25, -0.2) is 0 Å². The second-order valence-electron chi connectivity index (χ2n) is 5.01. The minimum absolute atomic E-state index is 0.119. The highest BCUT2D eigenvalue weighted by Gasteiger charge is 2.19.